The minimum absolute atomic E-state index is 0.256. The number of aromatic nitrogens is 1. The van der Waals surface area contributed by atoms with E-state index in [2.05, 4.69) is 10.4 Å². The van der Waals surface area contributed by atoms with E-state index in [0.717, 1.165) is 22.4 Å². The molecule has 0 fully saturated rings. The number of methoxy groups -OCH3 is 2. The first-order chi connectivity index (χ1) is 9.71. The number of pyridine rings is 1. The van der Waals surface area contributed by atoms with Crippen molar-refractivity contribution in [3.8, 4) is 11.6 Å². The number of benzene rings is 1. The van der Waals surface area contributed by atoms with E-state index >= 15 is 0 Å². The van der Waals surface area contributed by atoms with E-state index in [0.29, 0.717) is 5.88 Å². The Morgan fingerprint density at radius 1 is 1.15 bits per heavy atom. The Morgan fingerprint density at radius 3 is 2.60 bits per heavy atom. The van der Waals surface area contributed by atoms with Crippen LogP contribution in [-0.4, -0.2) is 19.2 Å². The number of hydrazine groups is 1. The molecule has 20 heavy (non-hydrogen) atoms. The molecule has 0 aliphatic rings. The van der Waals surface area contributed by atoms with Crippen LogP contribution in [0.25, 0.3) is 0 Å². The van der Waals surface area contributed by atoms with E-state index in [9.17, 15) is 0 Å². The fourth-order valence-corrected chi connectivity index (χ4v) is 2.22. The summed E-state index contributed by atoms with van der Waals surface area (Å²) in [7, 11) is 3.23. The maximum absolute atomic E-state index is 5.75. The fourth-order valence-electron chi connectivity index (χ4n) is 2.22. The van der Waals surface area contributed by atoms with Gasteiger partial charge in [0.05, 0.1) is 20.3 Å². The average Bonchev–Trinajstić information content (AvgIpc) is 2.49. The number of aryl methyl sites for hydroxylation is 1. The van der Waals surface area contributed by atoms with E-state index < -0.39 is 0 Å². The number of nitrogens with one attached hydrogen (secondary N) is 1. The first-order valence-corrected chi connectivity index (χ1v) is 6.30. The third-order valence-corrected chi connectivity index (χ3v) is 3.17. The Morgan fingerprint density at radius 2 is 1.95 bits per heavy atom. The molecule has 0 aliphatic heterocycles. The summed E-state index contributed by atoms with van der Waals surface area (Å²) in [6, 6.07) is 9.49. The van der Waals surface area contributed by atoms with E-state index in [4.69, 9.17) is 15.3 Å². The van der Waals surface area contributed by atoms with Crippen LogP contribution in [0.3, 0.4) is 0 Å². The van der Waals surface area contributed by atoms with Crippen LogP contribution in [0.4, 0.5) is 0 Å². The van der Waals surface area contributed by atoms with Gasteiger partial charge in [-0.25, -0.2) is 10.4 Å². The predicted octanol–water partition coefficient (Wildman–Crippen LogP) is 1.96. The lowest BCUT2D eigenvalue weighted by Gasteiger charge is -2.21. The van der Waals surface area contributed by atoms with Gasteiger partial charge in [-0.15, -0.1) is 0 Å². The van der Waals surface area contributed by atoms with Gasteiger partial charge in [0.2, 0.25) is 5.88 Å². The smallest absolute Gasteiger partial charge is 0.218 e. The molecule has 0 radical (unpaired) electrons. The minimum atomic E-state index is -0.256. The van der Waals surface area contributed by atoms with E-state index in [1.54, 1.807) is 20.4 Å². The van der Waals surface area contributed by atoms with Crippen molar-refractivity contribution >= 4 is 0 Å². The third-order valence-electron chi connectivity index (χ3n) is 3.17. The highest BCUT2D eigenvalue weighted by molar-refractivity contribution is 5.45. The average molecular weight is 273 g/mol. The summed E-state index contributed by atoms with van der Waals surface area (Å²) in [4.78, 5) is 4.21. The molecule has 3 N–H and O–H groups in total. The van der Waals surface area contributed by atoms with Crippen molar-refractivity contribution in [2.75, 3.05) is 14.2 Å². The molecular weight excluding hydrogens is 254 g/mol. The molecule has 1 aromatic heterocycles. The summed E-state index contributed by atoms with van der Waals surface area (Å²) >= 11 is 0. The van der Waals surface area contributed by atoms with E-state index in [-0.39, 0.29) is 6.04 Å². The molecule has 2 rings (SSSR count). The number of nitrogens with two attached hydrogens (primary N) is 1. The fraction of sp³-hybridized carbons (Fsp3) is 0.267. The molecule has 5 nitrogen and oxygen atoms in total. The summed E-state index contributed by atoms with van der Waals surface area (Å²) in [6.07, 6.45) is 1.68. The Balaban J connectivity index is 2.55. The zero-order valence-electron chi connectivity index (χ0n) is 11.9. The van der Waals surface area contributed by atoms with Crippen molar-refractivity contribution in [1.82, 2.24) is 10.4 Å². The largest absolute Gasteiger partial charge is 0.496 e. The van der Waals surface area contributed by atoms with Gasteiger partial charge in [-0.2, -0.15) is 0 Å². The van der Waals surface area contributed by atoms with Gasteiger partial charge in [0.1, 0.15) is 5.75 Å². The van der Waals surface area contributed by atoms with Gasteiger partial charge < -0.3 is 9.47 Å². The molecule has 0 saturated carbocycles. The minimum Gasteiger partial charge on any atom is -0.496 e. The molecule has 2 aromatic rings. The number of hydrogen-bond acceptors (Lipinski definition) is 5. The molecule has 0 amide bonds. The number of hydrogen-bond donors (Lipinski definition) is 2. The lowest BCUT2D eigenvalue weighted by molar-refractivity contribution is 0.382. The van der Waals surface area contributed by atoms with Crippen LogP contribution in [0, 0.1) is 6.92 Å². The monoisotopic (exact) mass is 273 g/mol. The molecule has 1 unspecified atom stereocenters. The molecule has 0 saturated heterocycles. The van der Waals surface area contributed by atoms with E-state index in [1.165, 1.54) is 0 Å². The van der Waals surface area contributed by atoms with Crippen LogP contribution >= 0.6 is 0 Å². The highest BCUT2D eigenvalue weighted by Crippen LogP contribution is 2.33. The molecule has 0 spiro atoms. The van der Waals surface area contributed by atoms with Crippen molar-refractivity contribution in [1.29, 1.82) is 0 Å². The van der Waals surface area contributed by atoms with Gasteiger partial charge in [-0.1, -0.05) is 23.8 Å². The molecular formula is C15H19N3O2. The van der Waals surface area contributed by atoms with Crippen molar-refractivity contribution in [3.05, 3.63) is 53.2 Å². The van der Waals surface area contributed by atoms with Crippen LogP contribution in [0.1, 0.15) is 22.7 Å². The lowest BCUT2D eigenvalue weighted by Crippen LogP contribution is -2.29. The maximum atomic E-state index is 5.75. The van der Waals surface area contributed by atoms with Crippen LogP contribution in [-0.2, 0) is 0 Å². The highest BCUT2D eigenvalue weighted by atomic mass is 16.5. The predicted molar refractivity (Wildman–Crippen MR) is 77.7 cm³/mol. The lowest BCUT2D eigenvalue weighted by atomic mass is 9.97. The second-order valence-electron chi connectivity index (χ2n) is 4.45. The Hall–Kier alpha value is -2.11. The van der Waals surface area contributed by atoms with Gasteiger partial charge in [-0.3, -0.25) is 5.84 Å². The maximum Gasteiger partial charge on any atom is 0.218 e. The summed E-state index contributed by atoms with van der Waals surface area (Å²) in [5, 5.41) is 0. The SMILES string of the molecule is COc1ccc(C)cc1C(NN)c1cccnc1OC. The van der Waals surface area contributed by atoms with Crippen molar-refractivity contribution in [2.24, 2.45) is 5.84 Å². The Kier molecular flexibility index (Phi) is 4.55. The highest BCUT2D eigenvalue weighted by Gasteiger charge is 2.21. The zero-order chi connectivity index (χ0) is 14.5. The van der Waals surface area contributed by atoms with Crippen LogP contribution < -0.4 is 20.7 Å². The Labute approximate surface area is 118 Å². The molecule has 5 heteroatoms. The molecule has 106 valence electrons. The van der Waals surface area contributed by atoms with Crippen molar-refractivity contribution in [2.45, 2.75) is 13.0 Å². The number of rotatable bonds is 5. The molecule has 1 aromatic carbocycles. The van der Waals surface area contributed by atoms with Gasteiger partial charge in [0.25, 0.3) is 0 Å². The first kappa shape index (κ1) is 14.3. The topological polar surface area (TPSA) is 69.4 Å². The summed E-state index contributed by atoms with van der Waals surface area (Å²) in [5.74, 6) is 7.05. The number of ether oxygens (including phenoxy) is 2. The van der Waals surface area contributed by atoms with Crippen LogP contribution in [0.15, 0.2) is 36.5 Å². The van der Waals surface area contributed by atoms with Crippen LogP contribution in [0.2, 0.25) is 0 Å². The summed E-state index contributed by atoms with van der Waals surface area (Å²) in [5.41, 5.74) is 5.75. The van der Waals surface area contributed by atoms with Gasteiger partial charge in [-0.05, 0) is 19.1 Å². The normalized spacial score (nSPS) is 12.0. The van der Waals surface area contributed by atoms with Gasteiger partial charge >= 0.3 is 0 Å². The quantitative estimate of drug-likeness (QED) is 0.644. The molecule has 1 atom stereocenters. The molecule has 1 heterocycles. The first-order valence-electron chi connectivity index (χ1n) is 6.30. The standard InChI is InChI=1S/C15H19N3O2/c1-10-6-7-13(19-2)12(9-10)14(18-16)11-5-4-8-17-15(11)20-3/h4-9,14,18H,16H2,1-3H3. The summed E-state index contributed by atoms with van der Waals surface area (Å²) in [6.45, 7) is 2.02. The zero-order valence-corrected chi connectivity index (χ0v) is 11.9. The van der Waals surface area contributed by atoms with Crippen LogP contribution in [0.5, 0.6) is 11.6 Å². The molecule has 0 aliphatic carbocycles. The second-order valence-corrected chi connectivity index (χ2v) is 4.45. The molecule has 0 bridgehead atoms. The number of nitrogens with zero attached hydrogens (tertiary/aromatic N) is 1. The van der Waals surface area contributed by atoms with E-state index in [1.807, 2.05) is 37.3 Å². The Bertz CT molecular complexity index is 587. The van der Waals surface area contributed by atoms with Gasteiger partial charge in [0.15, 0.2) is 0 Å². The van der Waals surface area contributed by atoms with Crippen molar-refractivity contribution < 1.29 is 9.47 Å². The second kappa shape index (κ2) is 6.36. The third kappa shape index (κ3) is 2.74. The van der Waals surface area contributed by atoms with Gasteiger partial charge in [0, 0.05) is 17.3 Å². The summed E-state index contributed by atoms with van der Waals surface area (Å²) < 4.78 is 10.7. The van der Waals surface area contributed by atoms with Crippen molar-refractivity contribution in [3.63, 3.8) is 0 Å².